The second kappa shape index (κ2) is 1.84. The van der Waals surface area contributed by atoms with E-state index in [1.165, 1.54) is 18.1 Å². The number of carbonyl (C=O) groups is 2. The minimum Gasteiger partial charge on any atom is -0.499 e. The van der Waals surface area contributed by atoms with E-state index in [-0.39, 0.29) is 17.9 Å². The largest absolute Gasteiger partial charge is 0.499 e. The molecule has 2 amide bonds. The number of rotatable bonds is 1. The number of methoxy groups -OCH3 is 1. The molecular weight excluding hydrogens is 146 g/mol. The minimum absolute atomic E-state index is 0.0972. The molecule has 0 saturated carbocycles. The van der Waals surface area contributed by atoms with Gasteiger partial charge in [0.2, 0.25) is 5.91 Å². The molecule has 2 aliphatic heterocycles. The van der Waals surface area contributed by atoms with Gasteiger partial charge in [-0.05, 0) is 0 Å². The average Bonchev–Trinajstić information content (AvgIpc) is 2.20. The molecule has 1 unspecified atom stereocenters. The molecule has 2 aliphatic rings. The first-order valence-corrected chi connectivity index (χ1v) is 3.35. The first-order chi connectivity index (χ1) is 5.24. The van der Waals surface area contributed by atoms with Gasteiger partial charge in [0.15, 0.2) is 0 Å². The summed E-state index contributed by atoms with van der Waals surface area (Å²) in [6.07, 6.45) is 1.78. The van der Waals surface area contributed by atoms with Crippen LogP contribution in [0.3, 0.4) is 0 Å². The Labute approximate surface area is 63.4 Å². The summed E-state index contributed by atoms with van der Waals surface area (Å²) in [5.74, 6) is 0.251. The fourth-order valence-corrected chi connectivity index (χ4v) is 1.40. The van der Waals surface area contributed by atoms with E-state index in [0.29, 0.717) is 12.2 Å². The summed E-state index contributed by atoms with van der Waals surface area (Å²) in [4.78, 5) is 23.0. The van der Waals surface area contributed by atoms with Crippen LogP contribution >= 0.6 is 0 Å². The fourth-order valence-electron chi connectivity index (χ4n) is 1.40. The van der Waals surface area contributed by atoms with Crippen LogP contribution in [-0.2, 0) is 14.3 Å². The molecule has 0 radical (unpaired) electrons. The molecule has 0 aromatic heterocycles. The highest BCUT2D eigenvalue weighted by Gasteiger charge is 2.47. The summed E-state index contributed by atoms with van der Waals surface area (Å²) in [5.41, 5.74) is 0. The number of nitrogens with zero attached hydrogens (tertiary/aromatic N) is 1. The Morgan fingerprint density at radius 2 is 2.36 bits per heavy atom. The molecule has 2 heterocycles. The highest BCUT2D eigenvalue weighted by Crippen LogP contribution is 2.31. The molecule has 4 nitrogen and oxygen atoms in total. The number of hydrogen-bond acceptors (Lipinski definition) is 3. The van der Waals surface area contributed by atoms with Crippen LogP contribution in [0.25, 0.3) is 0 Å². The lowest BCUT2D eigenvalue weighted by molar-refractivity contribution is -0.152. The Kier molecular flexibility index (Phi) is 1.07. The average molecular weight is 153 g/mol. The number of β-lactam (4-membered cyclic amide) rings is 1. The predicted molar refractivity (Wildman–Crippen MR) is 35.4 cm³/mol. The molecule has 2 rings (SSSR count). The Morgan fingerprint density at radius 1 is 1.64 bits per heavy atom. The molecule has 0 spiro atoms. The number of carbonyl (C=O) groups excluding carboxylic acids is 2. The summed E-state index contributed by atoms with van der Waals surface area (Å²) in [6, 6.07) is -0.0972. The first-order valence-electron chi connectivity index (χ1n) is 3.35. The summed E-state index contributed by atoms with van der Waals surface area (Å²) in [7, 11) is 1.51. The molecule has 0 N–H and O–H groups in total. The fraction of sp³-hybridized carbons (Fsp3) is 0.429. The van der Waals surface area contributed by atoms with Crippen molar-refractivity contribution in [2.75, 3.05) is 7.11 Å². The quantitative estimate of drug-likeness (QED) is 0.382. The van der Waals surface area contributed by atoms with Gasteiger partial charge in [0, 0.05) is 6.08 Å². The number of ether oxygens (including phenoxy) is 1. The Morgan fingerprint density at radius 3 is 2.82 bits per heavy atom. The van der Waals surface area contributed by atoms with E-state index in [4.69, 9.17) is 4.74 Å². The Hall–Kier alpha value is -1.32. The molecule has 11 heavy (non-hydrogen) atoms. The number of imide groups is 1. The second-order valence-electron chi connectivity index (χ2n) is 2.57. The molecule has 4 heteroatoms. The zero-order valence-corrected chi connectivity index (χ0v) is 6.03. The van der Waals surface area contributed by atoms with Crippen LogP contribution < -0.4 is 0 Å². The molecule has 58 valence electrons. The summed E-state index contributed by atoms with van der Waals surface area (Å²) in [5, 5.41) is 0. The van der Waals surface area contributed by atoms with Crippen molar-refractivity contribution < 1.29 is 14.3 Å². The van der Waals surface area contributed by atoms with Gasteiger partial charge in [-0.25, -0.2) is 0 Å². The highest BCUT2D eigenvalue weighted by atomic mass is 16.5. The van der Waals surface area contributed by atoms with Crippen molar-refractivity contribution >= 4 is 11.8 Å². The van der Waals surface area contributed by atoms with Gasteiger partial charge in [-0.15, -0.1) is 0 Å². The lowest BCUT2D eigenvalue weighted by atomic mass is 10.0. The van der Waals surface area contributed by atoms with Crippen LogP contribution in [0.1, 0.15) is 6.42 Å². The third-order valence-electron chi connectivity index (χ3n) is 2.02. The number of amides is 2. The number of hydrogen-bond donors (Lipinski definition) is 0. The van der Waals surface area contributed by atoms with Gasteiger partial charge in [0.25, 0.3) is 5.91 Å². The maximum Gasteiger partial charge on any atom is 0.257 e. The van der Waals surface area contributed by atoms with Gasteiger partial charge < -0.3 is 4.74 Å². The molecule has 0 aromatic carbocycles. The van der Waals surface area contributed by atoms with Gasteiger partial charge in [-0.1, -0.05) is 0 Å². The van der Waals surface area contributed by atoms with E-state index in [2.05, 4.69) is 0 Å². The van der Waals surface area contributed by atoms with Crippen LogP contribution in [0.15, 0.2) is 11.8 Å². The van der Waals surface area contributed by atoms with Crippen molar-refractivity contribution in [3.8, 4) is 0 Å². The van der Waals surface area contributed by atoms with Crippen LogP contribution in [0.2, 0.25) is 0 Å². The molecule has 0 aromatic rings. The van der Waals surface area contributed by atoms with Crippen LogP contribution in [0.4, 0.5) is 0 Å². The predicted octanol–water partition coefficient (Wildman–Crippen LogP) is -0.342. The summed E-state index contributed by atoms with van der Waals surface area (Å²) < 4.78 is 4.91. The van der Waals surface area contributed by atoms with Crippen molar-refractivity contribution in [2.24, 2.45) is 0 Å². The molecule has 0 bridgehead atoms. The molecule has 1 fully saturated rings. The van der Waals surface area contributed by atoms with Crippen molar-refractivity contribution in [1.29, 1.82) is 0 Å². The summed E-state index contributed by atoms with van der Waals surface area (Å²) in [6.45, 7) is 0. The summed E-state index contributed by atoms with van der Waals surface area (Å²) >= 11 is 0. The van der Waals surface area contributed by atoms with Crippen molar-refractivity contribution in [3.63, 3.8) is 0 Å². The van der Waals surface area contributed by atoms with E-state index in [9.17, 15) is 9.59 Å². The standard InChI is InChI=1S/C7H7NO3/c1-11-5-3-7(10)8-4(5)2-6(8)9/h3-4H,2H2,1H3. The first kappa shape index (κ1) is 6.39. The van der Waals surface area contributed by atoms with Crippen molar-refractivity contribution in [1.82, 2.24) is 4.90 Å². The topological polar surface area (TPSA) is 46.6 Å². The maximum absolute atomic E-state index is 11.0. The van der Waals surface area contributed by atoms with E-state index < -0.39 is 0 Å². The normalized spacial score (nSPS) is 27.9. The molecule has 1 atom stereocenters. The lowest BCUT2D eigenvalue weighted by Crippen LogP contribution is -2.52. The van der Waals surface area contributed by atoms with Gasteiger partial charge >= 0.3 is 0 Å². The molecule has 1 saturated heterocycles. The lowest BCUT2D eigenvalue weighted by Gasteiger charge is -2.33. The minimum atomic E-state index is -0.247. The molecular formula is C7H7NO3. The zero-order chi connectivity index (χ0) is 8.01. The van der Waals surface area contributed by atoms with E-state index in [0.717, 1.165) is 0 Å². The van der Waals surface area contributed by atoms with Crippen LogP contribution in [0, 0.1) is 0 Å². The van der Waals surface area contributed by atoms with E-state index >= 15 is 0 Å². The van der Waals surface area contributed by atoms with Gasteiger partial charge in [-0.2, -0.15) is 0 Å². The van der Waals surface area contributed by atoms with Crippen LogP contribution in [-0.4, -0.2) is 29.9 Å². The maximum atomic E-state index is 11.0. The third kappa shape index (κ3) is 0.636. The highest BCUT2D eigenvalue weighted by molar-refractivity contribution is 6.08. The SMILES string of the molecule is COC1=CC(=O)N2C(=O)CC12. The van der Waals surface area contributed by atoms with Crippen molar-refractivity contribution in [3.05, 3.63) is 11.8 Å². The van der Waals surface area contributed by atoms with Crippen LogP contribution in [0.5, 0.6) is 0 Å². The monoisotopic (exact) mass is 153 g/mol. The van der Waals surface area contributed by atoms with E-state index in [1.807, 2.05) is 0 Å². The smallest absolute Gasteiger partial charge is 0.257 e. The Bertz CT molecular complexity index is 269. The van der Waals surface area contributed by atoms with E-state index in [1.54, 1.807) is 0 Å². The Balaban J connectivity index is 2.26. The van der Waals surface area contributed by atoms with Gasteiger partial charge in [0.1, 0.15) is 11.8 Å². The second-order valence-corrected chi connectivity index (χ2v) is 2.57. The number of fused-ring (bicyclic) bond motifs is 1. The van der Waals surface area contributed by atoms with Crippen molar-refractivity contribution in [2.45, 2.75) is 12.5 Å². The third-order valence-corrected chi connectivity index (χ3v) is 2.02. The molecule has 0 aliphatic carbocycles. The van der Waals surface area contributed by atoms with Gasteiger partial charge in [0.05, 0.1) is 13.5 Å². The van der Waals surface area contributed by atoms with Gasteiger partial charge in [-0.3, -0.25) is 14.5 Å². The zero-order valence-electron chi connectivity index (χ0n) is 6.03.